The summed E-state index contributed by atoms with van der Waals surface area (Å²) in [6.45, 7) is 38.6. The number of rotatable bonds is 20. The number of hydrogen-bond donors (Lipinski definition) is 0. The van der Waals surface area contributed by atoms with E-state index in [2.05, 4.69) is 220 Å². The summed E-state index contributed by atoms with van der Waals surface area (Å²) in [5.41, 5.74) is 17.5. The fourth-order valence-corrected chi connectivity index (χ4v) is 7.95. The standard InChI is InChI=1S/C29H30.C27H28.C6H14.C4H10.2C2H6/c1-4-5-9-23-12-14-26(15-13-23)27-18-16-25(17-19-27)22(3)29-20-28(29)21(2)24-10-7-6-8-11-24;1-4-5-9-23-12-14-24(15-13-23)21(2)20-22(3)25-16-18-27(19-17-25)26-10-7-6-8-11-26;1-3-5-6-4-2;1-3-4-2;2*1-2/h6-8,10-19,28-29H,2-5,9,20H2,1H3;6-8,10-19H,2-5,9,20H2,1H3;3-6H2,1-2H3;3-4H2,1-2H3;2*1-2H3. The van der Waals surface area contributed by atoms with Gasteiger partial charge in [0.05, 0.1) is 0 Å². The van der Waals surface area contributed by atoms with Crippen molar-refractivity contribution >= 4 is 22.3 Å². The lowest BCUT2D eigenvalue weighted by atomic mass is 9.94. The molecule has 0 aromatic heterocycles. The van der Waals surface area contributed by atoms with Crippen LogP contribution in [0.15, 0.2) is 184 Å². The van der Waals surface area contributed by atoms with Crippen LogP contribution in [0.5, 0.6) is 0 Å². The van der Waals surface area contributed by atoms with Gasteiger partial charge in [-0.2, -0.15) is 0 Å². The zero-order valence-corrected chi connectivity index (χ0v) is 45.9. The minimum Gasteiger partial charge on any atom is -0.0949 e. The van der Waals surface area contributed by atoms with Gasteiger partial charge in [0.1, 0.15) is 0 Å². The Morgan fingerprint density at radius 1 is 0.343 bits per heavy atom. The monoisotopic (exact) mass is 935 g/mol. The van der Waals surface area contributed by atoms with E-state index in [-0.39, 0.29) is 0 Å². The predicted octanol–water partition coefficient (Wildman–Crippen LogP) is 22.3. The lowest BCUT2D eigenvalue weighted by molar-refractivity contribution is 0.702. The summed E-state index contributed by atoms with van der Waals surface area (Å²) in [7, 11) is 0. The van der Waals surface area contributed by atoms with Gasteiger partial charge in [-0.25, -0.2) is 0 Å². The molecule has 0 aliphatic heterocycles. The van der Waals surface area contributed by atoms with Gasteiger partial charge in [-0.15, -0.1) is 0 Å². The van der Waals surface area contributed by atoms with Crippen molar-refractivity contribution in [3.05, 3.63) is 217 Å². The number of benzene rings is 6. The first-order chi connectivity index (χ1) is 34.2. The van der Waals surface area contributed by atoms with Crippen LogP contribution < -0.4 is 0 Å². The maximum atomic E-state index is 4.41. The molecule has 0 N–H and O–H groups in total. The maximum Gasteiger partial charge on any atom is -0.00256 e. The second-order valence-electron chi connectivity index (χ2n) is 18.1. The Morgan fingerprint density at radius 3 is 1.01 bits per heavy atom. The van der Waals surface area contributed by atoms with Crippen molar-refractivity contribution in [2.45, 2.75) is 159 Å². The highest BCUT2D eigenvalue weighted by Crippen LogP contribution is 2.53. The third kappa shape index (κ3) is 21.5. The van der Waals surface area contributed by atoms with Crippen molar-refractivity contribution < 1.29 is 0 Å². The van der Waals surface area contributed by atoms with E-state index in [9.17, 15) is 0 Å². The Labute approximate surface area is 430 Å². The SMILES string of the molecule is C=C(CC(=C)c1ccc(-c2ccccc2)cc1)c1ccc(CCCC)cc1.C=C(c1ccccc1)C1CC1C(=C)c1ccc(-c2ccc(CCCC)cc2)cc1.CC.CC.CCCC.CCCCCC. The van der Waals surface area contributed by atoms with E-state index in [1.165, 1.54) is 137 Å². The second kappa shape index (κ2) is 36.3. The molecule has 1 fully saturated rings. The normalized spacial score (nSPS) is 12.8. The molecule has 0 radical (unpaired) electrons. The van der Waals surface area contributed by atoms with Crippen molar-refractivity contribution in [3.8, 4) is 22.3 Å². The zero-order chi connectivity index (χ0) is 51.5. The quantitative estimate of drug-likeness (QED) is 0.0669. The molecule has 0 bridgehead atoms. The molecule has 1 aliphatic rings. The molecule has 6 aromatic carbocycles. The topological polar surface area (TPSA) is 0 Å². The van der Waals surface area contributed by atoms with Crippen LogP contribution in [-0.2, 0) is 12.8 Å². The van der Waals surface area contributed by atoms with E-state index in [1.54, 1.807) is 0 Å². The summed E-state index contributed by atoms with van der Waals surface area (Å²) < 4.78 is 0. The first-order valence-corrected chi connectivity index (χ1v) is 27.4. The molecule has 0 heterocycles. The fourth-order valence-electron chi connectivity index (χ4n) is 7.95. The molecule has 6 aromatic rings. The Morgan fingerprint density at radius 2 is 0.643 bits per heavy atom. The average molecular weight is 936 g/mol. The third-order valence-corrected chi connectivity index (χ3v) is 12.7. The van der Waals surface area contributed by atoms with Gasteiger partial charge in [-0.1, -0.05) is 305 Å². The maximum absolute atomic E-state index is 4.41. The van der Waals surface area contributed by atoms with Gasteiger partial charge in [-0.3, -0.25) is 0 Å². The molecule has 7 rings (SSSR count). The van der Waals surface area contributed by atoms with Crippen LogP contribution in [-0.4, -0.2) is 0 Å². The highest BCUT2D eigenvalue weighted by molar-refractivity contribution is 5.79. The molecule has 0 amide bonds. The van der Waals surface area contributed by atoms with Gasteiger partial charge in [0, 0.05) is 0 Å². The fraction of sp³-hybridized carbons (Fsp3) is 0.371. The highest BCUT2D eigenvalue weighted by atomic mass is 14.4. The summed E-state index contributed by atoms with van der Waals surface area (Å²) in [6.07, 6.45) is 17.4. The van der Waals surface area contributed by atoms with Crippen LogP contribution >= 0.6 is 0 Å². The highest BCUT2D eigenvalue weighted by Gasteiger charge is 2.41. The van der Waals surface area contributed by atoms with Crippen molar-refractivity contribution in [1.29, 1.82) is 0 Å². The molecule has 1 aliphatic carbocycles. The van der Waals surface area contributed by atoms with Crippen LogP contribution in [0.1, 0.15) is 180 Å². The van der Waals surface area contributed by atoms with Gasteiger partial charge >= 0.3 is 0 Å². The summed E-state index contributed by atoms with van der Waals surface area (Å²) in [6, 6.07) is 56.4. The smallest absolute Gasteiger partial charge is 0.00256 e. The Kier molecular flexibility index (Phi) is 31.3. The van der Waals surface area contributed by atoms with E-state index in [1.807, 2.05) is 33.8 Å². The van der Waals surface area contributed by atoms with Crippen LogP contribution in [0.4, 0.5) is 0 Å². The number of unbranched alkanes of at least 4 members (excludes halogenated alkanes) is 6. The molecule has 1 saturated carbocycles. The molecule has 0 saturated heterocycles. The van der Waals surface area contributed by atoms with E-state index < -0.39 is 0 Å². The Balaban J connectivity index is 0.000000381. The van der Waals surface area contributed by atoms with E-state index in [0.717, 1.165) is 30.4 Å². The Bertz CT molecular complexity index is 2280. The molecule has 0 heteroatoms. The first kappa shape index (κ1) is 60.4. The minimum atomic E-state index is 0.520. The van der Waals surface area contributed by atoms with E-state index >= 15 is 0 Å². The molecular formula is C70H94. The van der Waals surface area contributed by atoms with Crippen molar-refractivity contribution in [3.63, 3.8) is 0 Å². The molecule has 0 spiro atoms. The number of aryl methyl sites for hydroxylation is 2. The van der Waals surface area contributed by atoms with E-state index in [4.69, 9.17) is 0 Å². The van der Waals surface area contributed by atoms with Crippen LogP contribution in [0.25, 0.3) is 44.5 Å². The zero-order valence-electron chi connectivity index (χ0n) is 45.9. The molecular weight excluding hydrogens is 841 g/mol. The number of hydrogen-bond acceptors (Lipinski definition) is 0. The van der Waals surface area contributed by atoms with Gasteiger partial charge < -0.3 is 0 Å². The van der Waals surface area contributed by atoms with Gasteiger partial charge in [0.15, 0.2) is 0 Å². The summed E-state index contributed by atoms with van der Waals surface area (Å²) in [5.74, 6) is 1.05. The van der Waals surface area contributed by atoms with Crippen LogP contribution in [0.3, 0.4) is 0 Å². The molecule has 0 nitrogen and oxygen atoms in total. The number of allylic oxidation sites excluding steroid dienone is 4. The van der Waals surface area contributed by atoms with Gasteiger partial charge in [0.25, 0.3) is 0 Å². The predicted molar refractivity (Wildman–Crippen MR) is 319 cm³/mol. The summed E-state index contributed by atoms with van der Waals surface area (Å²) >= 11 is 0. The van der Waals surface area contributed by atoms with Crippen molar-refractivity contribution in [1.82, 2.24) is 0 Å². The largest absolute Gasteiger partial charge is 0.0949 e. The van der Waals surface area contributed by atoms with Gasteiger partial charge in [0.2, 0.25) is 0 Å². The van der Waals surface area contributed by atoms with Crippen LogP contribution in [0, 0.1) is 11.8 Å². The average Bonchev–Trinajstić information content (AvgIpc) is 4.24. The van der Waals surface area contributed by atoms with Gasteiger partial charge in [-0.05, 0) is 128 Å². The molecule has 374 valence electrons. The summed E-state index contributed by atoms with van der Waals surface area (Å²) in [4.78, 5) is 0. The lowest BCUT2D eigenvalue weighted by Crippen LogP contribution is -1.91. The summed E-state index contributed by atoms with van der Waals surface area (Å²) in [5, 5.41) is 0. The molecule has 2 atom stereocenters. The lowest BCUT2D eigenvalue weighted by Gasteiger charge is -2.11. The molecule has 70 heavy (non-hydrogen) atoms. The minimum absolute atomic E-state index is 0.520. The van der Waals surface area contributed by atoms with Crippen LogP contribution in [0.2, 0.25) is 0 Å². The second-order valence-corrected chi connectivity index (χ2v) is 18.1. The van der Waals surface area contributed by atoms with Crippen molar-refractivity contribution in [2.75, 3.05) is 0 Å². The van der Waals surface area contributed by atoms with Crippen molar-refractivity contribution in [2.24, 2.45) is 11.8 Å². The Hall–Kier alpha value is -5.72. The molecule has 2 unspecified atom stereocenters. The third-order valence-electron chi connectivity index (χ3n) is 12.7. The first-order valence-electron chi connectivity index (χ1n) is 27.4. The van der Waals surface area contributed by atoms with E-state index in [0.29, 0.717) is 11.8 Å².